The summed E-state index contributed by atoms with van der Waals surface area (Å²) in [4.78, 5) is 0. The molecular weight excluding hydrogens is 340 g/mol. The van der Waals surface area contributed by atoms with Gasteiger partial charge in [0, 0.05) is 6.04 Å². The molecule has 0 fully saturated rings. The van der Waals surface area contributed by atoms with E-state index in [1.807, 2.05) is 0 Å². The van der Waals surface area contributed by atoms with Crippen LogP contribution in [0.1, 0.15) is 48.4 Å². The van der Waals surface area contributed by atoms with Gasteiger partial charge in [-0.3, -0.25) is 5.32 Å². The molecule has 2 nitrogen and oxygen atoms in total. The molecule has 146 valence electrons. The normalized spacial score (nSPS) is 12.7. The third-order valence-electron chi connectivity index (χ3n) is 5.37. The number of hydrogen-bond acceptors (Lipinski definition) is 2. The van der Waals surface area contributed by atoms with E-state index in [9.17, 15) is 0 Å². The van der Waals surface area contributed by atoms with Crippen molar-refractivity contribution in [2.45, 2.75) is 44.7 Å². The molecule has 3 aromatic carbocycles. The quantitative estimate of drug-likeness (QED) is 0.390. The molecular formula is C26H32N2. The van der Waals surface area contributed by atoms with Crippen LogP contribution in [0.2, 0.25) is 0 Å². The van der Waals surface area contributed by atoms with Crippen molar-refractivity contribution in [1.82, 2.24) is 5.32 Å². The lowest BCUT2D eigenvalue weighted by atomic mass is 9.76. The van der Waals surface area contributed by atoms with Crippen molar-refractivity contribution in [1.29, 1.82) is 0 Å². The molecule has 0 amide bonds. The SMILES string of the molecule is Cc1ccc(C(NCCCC[C@H](C)N)(c2ccccc2)c2ccccc2)cc1. The molecule has 28 heavy (non-hydrogen) atoms. The smallest absolute Gasteiger partial charge is 0.0947 e. The summed E-state index contributed by atoms with van der Waals surface area (Å²) >= 11 is 0. The van der Waals surface area contributed by atoms with E-state index in [-0.39, 0.29) is 11.6 Å². The van der Waals surface area contributed by atoms with E-state index < -0.39 is 0 Å². The Balaban J connectivity index is 2.03. The molecule has 0 saturated heterocycles. The van der Waals surface area contributed by atoms with Crippen molar-refractivity contribution >= 4 is 0 Å². The largest absolute Gasteiger partial charge is 0.328 e. The van der Waals surface area contributed by atoms with Gasteiger partial charge < -0.3 is 5.73 Å². The number of benzene rings is 3. The minimum atomic E-state index is -0.370. The van der Waals surface area contributed by atoms with Gasteiger partial charge in [-0.15, -0.1) is 0 Å². The lowest BCUT2D eigenvalue weighted by molar-refractivity contribution is 0.453. The second-order valence-corrected chi connectivity index (χ2v) is 7.75. The summed E-state index contributed by atoms with van der Waals surface area (Å²) in [6.45, 7) is 5.15. The highest BCUT2D eigenvalue weighted by Gasteiger charge is 2.35. The van der Waals surface area contributed by atoms with E-state index in [1.54, 1.807) is 0 Å². The fourth-order valence-corrected chi connectivity index (χ4v) is 3.85. The second-order valence-electron chi connectivity index (χ2n) is 7.75. The molecule has 3 rings (SSSR count). The standard InChI is InChI=1S/C26H32N2/c1-21-16-18-25(19-17-21)26(23-12-5-3-6-13-23,24-14-7-4-8-15-24)28-20-10-9-11-22(2)27/h3-8,12-19,22,28H,9-11,20,27H2,1-2H3/t22-/m0/s1. The van der Waals surface area contributed by atoms with Crippen molar-refractivity contribution in [2.24, 2.45) is 5.73 Å². The van der Waals surface area contributed by atoms with Gasteiger partial charge in [-0.25, -0.2) is 0 Å². The fourth-order valence-electron chi connectivity index (χ4n) is 3.85. The van der Waals surface area contributed by atoms with Gasteiger partial charge in [0.1, 0.15) is 0 Å². The highest BCUT2D eigenvalue weighted by atomic mass is 15.0. The molecule has 2 heteroatoms. The average molecular weight is 373 g/mol. The van der Waals surface area contributed by atoms with E-state index in [4.69, 9.17) is 5.73 Å². The van der Waals surface area contributed by atoms with E-state index in [2.05, 4.69) is 104 Å². The van der Waals surface area contributed by atoms with Gasteiger partial charge in [-0.1, -0.05) is 96.9 Å². The first kappa shape index (κ1) is 20.3. The maximum atomic E-state index is 5.93. The molecule has 3 N–H and O–H groups in total. The maximum Gasteiger partial charge on any atom is 0.0947 e. The molecule has 0 aromatic heterocycles. The van der Waals surface area contributed by atoms with Crippen molar-refractivity contribution in [3.8, 4) is 0 Å². The zero-order chi connectivity index (χ0) is 19.8. The topological polar surface area (TPSA) is 38.0 Å². The molecule has 0 unspecified atom stereocenters. The second kappa shape index (κ2) is 9.68. The van der Waals surface area contributed by atoms with Gasteiger partial charge in [0.05, 0.1) is 5.54 Å². The van der Waals surface area contributed by atoms with Crippen molar-refractivity contribution < 1.29 is 0 Å². The summed E-state index contributed by atoms with van der Waals surface area (Å²) in [7, 11) is 0. The number of nitrogens with one attached hydrogen (secondary N) is 1. The van der Waals surface area contributed by atoms with Gasteiger partial charge in [0.2, 0.25) is 0 Å². The Morgan fingerprint density at radius 3 is 1.75 bits per heavy atom. The van der Waals surface area contributed by atoms with Crippen LogP contribution in [0.15, 0.2) is 84.9 Å². The third-order valence-corrected chi connectivity index (χ3v) is 5.37. The number of aryl methyl sites for hydroxylation is 1. The van der Waals surface area contributed by atoms with Crippen LogP contribution in [0, 0.1) is 6.92 Å². The highest BCUT2D eigenvalue weighted by Crippen LogP contribution is 2.37. The summed E-state index contributed by atoms with van der Waals surface area (Å²) in [6, 6.07) is 30.7. The Labute approximate surface area is 169 Å². The fraction of sp³-hybridized carbons (Fsp3) is 0.308. The summed E-state index contributed by atoms with van der Waals surface area (Å²) < 4.78 is 0. The van der Waals surface area contributed by atoms with Crippen LogP contribution in [0.25, 0.3) is 0 Å². The number of nitrogens with two attached hydrogens (primary N) is 1. The van der Waals surface area contributed by atoms with Crippen LogP contribution < -0.4 is 11.1 Å². The molecule has 0 heterocycles. The van der Waals surface area contributed by atoms with Crippen LogP contribution in [0.3, 0.4) is 0 Å². The van der Waals surface area contributed by atoms with Gasteiger partial charge in [-0.05, 0) is 49.9 Å². The van der Waals surface area contributed by atoms with Crippen LogP contribution in [0.4, 0.5) is 0 Å². The van der Waals surface area contributed by atoms with E-state index in [0.717, 1.165) is 25.8 Å². The summed E-state index contributed by atoms with van der Waals surface area (Å²) in [5.41, 5.74) is 10.6. The zero-order valence-corrected chi connectivity index (χ0v) is 17.1. The molecule has 0 spiro atoms. The molecule has 0 radical (unpaired) electrons. The minimum Gasteiger partial charge on any atom is -0.328 e. The molecule has 3 aromatic rings. The molecule has 1 atom stereocenters. The molecule has 0 saturated carbocycles. The summed E-state index contributed by atoms with van der Waals surface area (Å²) in [5.74, 6) is 0. The van der Waals surface area contributed by atoms with Gasteiger partial charge >= 0.3 is 0 Å². The Hall–Kier alpha value is -2.42. The van der Waals surface area contributed by atoms with Gasteiger partial charge in [-0.2, -0.15) is 0 Å². The maximum absolute atomic E-state index is 5.93. The molecule has 0 aliphatic carbocycles. The Morgan fingerprint density at radius 1 is 0.750 bits per heavy atom. The Kier molecular flexibility index (Phi) is 7.02. The first-order chi connectivity index (χ1) is 13.6. The van der Waals surface area contributed by atoms with E-state index in [1.165, 1.54) is 22.3 Å². The average Bonchev–Trinajstić information content (AvgIpc) is 2.73. The van der Waals surface area contributed by atoms with E-state index in [0.29, 0.717) is 0 Å². The van der Waals surface area contributed by atoms with E-state index >= 15 is 0 Å². The van der Waals surface area contributed by atoms with Crippen molar-refractivity contribution in [3.05, 3.63) is 107 Å². The van der Waals surface area contributed by atoms with Gasteiger partial charge in [0.15, 0.2) is 0 Å². The lowest BCUT2D eigenvalue weighted by Crippen LogP contribution is -2.45. The van der Waals surface area contributed by atoms with Crippen LogP contribution in [-0.2, 0) is 5.54 Å². The van der Waals surface area contributed by atoms with Crippen molar-refractivity contribution in [3.63, 3.8) is 0 Å². The molecule has 0 aliphatic heterocycles. The zero-order valence-electron chi connectivity index (χ0n) is 17.1. The number of hydrogen-bond donors (Lipinski definition) is 2. The molecule has 0 bridgehead atoms. The first-order valence-electron chi connectivity index (χ1n) is 10.3. The Bertz CT molecular complexity index is 784. The number of unbranched alkanes of at least 4 members (excludes halogenated alkanes) is 1. The Morgan fingerprint density at radius 2 is 1.25 bits per heavy atom. The number of rotatable bonds is 9. The molecule has 0 aliphatic rings. The van der Waals surface area contributed by atoms with Crippen LogP contribution >= 0.6 is 0 Å². The highest BCUT2D eigenvalue weighted by molar-refractivity contribution is 5.49. The minimum absolute atomic E-state index is 0.269. The monoisotopic (exact) mass is 372 g/mol. The first-order valence-corrected chi connectivity index (χ1v) is 10.3. The lowest BCUT2D eigenvalue weighted by Gasteiger charge is -2.37. The predicted molar refractivity (Wildman–Crippen MR) is 119 cm³/mol. The van der Waals surface area contributed by atoms with Crippen LogP contribution in [0.5, 0.6) is 0 Å². The summed E-state index contributed by atoms with van der Waals surface area (Å²) in [6.07, 6.45) is 3.31. The van der Waals surface area contributed by atoms with Crippen molar-refractivity contribution in [2.75, 3.05) is 6.54 Å². The van der Waals surface area contributed by atoms with Crippen LogP contribution in [-0.4, -0.2) is 12.6 Å². The van der Waals surface area contributed by atoms with Gasteiger partial charge in [0.25, 0.3) is 0 Å². The summed E-state index contributed by atoms with van der Waals surface area (Å²) in [5, 5.41) is 3.93. The predicted octanol–water partition coefficient (Wildman–Crippen LogP) is 5.39. The third kappa shape index (κ3) is 4.70.